The number of aromatic nitrogens is 4. The molecule has 1 saturated carbocycles. The maximum atomic E-state index is 13.5. The number of rotatable bonds is 6. The Balaban J connectivity index is 1.51. The summed E-state index contributed by atoms with van der Waals surface area (Å²) in [5, 5.41) is 7.29. The van der Waals surface area contributed by atoms with E-state index in [0.29, 0.717) is 29.4 Å². The molecule has 34 heavy (non-hydrogen) atoms. The molecule has 5 rings (SSSR count). The van der Waals surface area contributed by atoms with E-state index >= 15 is 0 Å². The normalized spacial score (nSPS) is 16.8. The Morgan fingerprint density at radius 1 is 1.15 bits per heavy atom. The SMILES string of the molecule is CCC(=O)c1c(C)c2cnc(Nc3ccc(N4CCNCC4)cn3)nc2n(C2CCCC2)c1=O. The van der Waals surface area contributed by atoms with Gasteiger partial charge in [-0.3, -0.25) is 14.2 Å². The highest BCUT2D eigenvalue weighted by molar-refractivity contribution is 6.00. The van der Waals surface area contributed by atoms with Crippen LogP contribution in [0.2, 0.25) is 0 Å². The van der Waals surface area contributed by atoms with Gasteiger partial charge in [0.25, 0.3) is 5.56 Å². The number of carbonyl (C=O) groups excluding carboxylic acids is 1. The minimum Gasteiger partial charge on any atom is -0.368 e. The van der Waals surface area contributed by atoms with Crippen LogP contribution in [-0.2, 0) is 0 Å². The van der Waals surface area contributed by atoms with Gasteiger partial charge >= 0.3 is 0 Å². The number of pyridine rings is 2. The molecule has 1 aliphatic carbocycles. The van der Waals surface area contributed by atoms with Gasteiger partial charge < -0.3 is 15.5 Å². The van der Waals surface area contributed by atoms with Crippen LogP contribution in [0.25, 0.3) is 11.0 Å². The van der Waals surface area contributed by atoms with Gasteiger partial charge in [-0.05, 0) is 37.5 Å². The number of hydrogen-bond donors (Lipinski definition) is 2. The number of ketones is 1. The summed E-state index contributed by atoms with van der Waals surface area (Å²) in [7, 11) is 0. The van der Waals surface area contributed by atoms with E-state index in [0.717, 1.165) is 62.9 Å². The molecule has 1 aliphatic heterocycles. The molecule has 4 heterocycles. The second-order valence-electron chi connectivity index (χ2n) is 9.08. The summed E-state index contributed by atoms with van der Waals surface area (Å²) in [4.78, 5) is 42.2. The summed E-state index contributed by atoms with van der Waals surface area (Å²) in [5.41, 5.74) is 2.37. The van der Waals surface area contributed by atoms with E-state index in [2.05, 4.69) is 25.5 Å². The minimum atomic E-state index is -0.230. The number of fused-ring (bicyclic) bond motifs is 1. The van der Waals surface area contributed by atoms with Gasteiger partial charge in [0.15, 0.2) is 5.78 Å². The summed E-state index contributed by atoms with van der Waals surface area (Å²) in [6.07, 6.45) is 7.84. The Kier molecular flexibility index (Phi) is 6.28. The molecule has 2 fully saturated rings. The van der Waals surface area contributed by atoms with E-state index in [1.165, 1.54) is 0 Å². The third kappa shape index (κ3) is 4.16. The van der Waals surface area contributed by atoms with Crippen LogP contribution in [0.1, 0.15) is 61.0 Å². The van der Waals surface area contributed by atoms with Gasteiger partial charge in [0.1, 0.15) is 11.5 Å². The Morgan fingerprint density at radius 2 is 1.91 bits per heavy atom. The fraction of sp³-hybridized carbons (Fsp3) is 0.480. The first-order chi connectivity index (χ1) is 16.6. The van der Waals surface area contributed by atoms with E-state index in [9.17, 15) is 9.59 Å². The highest BCUT2D eigenvalue weighted by Crippen LogP contribution is 2.32. The van der Waals surface area contributed by atoms with Gasteiger partial charge in [0, 0.05) is 50.2 Å². The first-order valence-corrected chi connectivity index (χ1v) is 12.2. The maximum Gasteiger partial charge on any atom is 0.263 e. The molecule has 0 radical (unpaired) electrons. The molecule has 0 amide bonds. The van der Waals surface area contributed by atoms with Crippen molar-refractivity contribution in [1.29, 1.82) is 0 Å². The number of nitrogens with zero attached hydrogens (tertiary/aromatic N) is 5. The third-order valence-corrected chi connectivity index (χ3v) is 6.97. The second-order valence-corrected chi connectivity index (χ2v) is 9.08. The van der Waals surface area contributed by atoms with Crippen molar-refractivity contribution in [2.45, 2.75) is 52.0 Å². The van der Waals surface area contributed by atoms with Crippen LogP contribution >= 0.6 is 0 Å². The Bertz CT molecular complexity index is 1260. The highest BCUT2D eigenvalue weighted by Gasteiger charge is 2.26. The maximum absolute atomic E-state index is 13.5. The van der Waals surface area contributed by atoms with Crippen molar-refractivity contribution in [3.8, 4) is 0 Å². The summed E-state index contributed by atoms with van der Waals surface area (Å²) in [5.74, 6) is 0.893. The fourth-order valence-corrected chi connectivity index (χ4v) is 5.08. The molecule has 3 aromatic rings. The summed E-state index contributed by atoms with van der Waals surface area (Å²) < 4.78 is 1.74. The van der Waals surface area contributed by atoms with Crippen molar-refractivity contribution in [2.75, 3.05) is 36.4 Å². The van der Waals surface area contributed by atoms with Crippen LogP contribution < -0.4 is 21.1 Å². The number of anilines is 3. The third-order valence-electron chi connectivity index (χ3n) is 6.97. The summed E-state index contributed by atoms with van der Waals surface area (Å²) in [6, 6.07) is 4.02. The van der Waals surface area contributed by atoms with Crippen molar-refractivity contribution in [2.24, 2.45) is 0 Å². The molecule has 178 valence electrons. The zero-order chi connectivity index (χ0) is 23.7. The first-order valence-electron chi connectivity index (χ1n) is 12.2. The van der Waals surface area contributed by atoms with Gasteiger partial charge in [0.05, 0.1) is 17.4 Å². The molecule has 2 N–H and O–H groups in total. The van der Waals surface area contributed by atoms with Crippen molar-refractivity contribution < 1.29 is 4.79 Å². The molecule has 9 heteroatoms. The Labute approximate surface area is 198 Å². The minimum absolute atomic E-state index is 0.0539. The van der Waals surface area contributed by atoms with Crippen molar-refractivity contribution >= 4 is 34.3 Å². The lowest BCUT2D eigenvalue weighted by Gasteiger charge is -2.29. The van der Waals surface area contributed by atoms with Crippen molar-refractivity contribution in [3.63, 3.8) is 0 Å². The highest BCUT2D eigenvalue weighted by atomic mass is 16.1. The number of carbonyl (C=O) groups is 1. The monoisotopic (exact) mass is 461 g/mol. The van der Waals surface area contributed by atoms with Gasteiger partial charge in [-0.25, -0.2) is 9.97 Å². The lowest BCUT2D eigenvalue weighted by molar-refractivity contribution is 0.0985. The molecular weight excluding hydrogens is 430 g/mol. The predicted molar refractivity (Wildman–Crippen MR) is 133 cm³/mol. The van der Waals surface area contributed by atoms with Crippen LogP contribution in [0.4, 0.5) is 17.5 Å². The van der Waals surface area contributed by atoms with Gasteiger partial charge in [-0.1, -0.05) is 19.8 Å². The summed E-state index contributed by atoms with van der Waals surface area (Å²) >= 11 is 0. The number of aryl methyl sites for hydroxylation is 1. The molecule has 1 saturated heterocycles. The smallest absolute Gasteiger partial charge is 0.263 e. The molecule has 2 aliphatic rings. The predicted octanol–water partition coefficient (Wildman–Crippen LogP) is 3.36. The molecule has 9 nitrogen and oxygen atoms in total. The largest absolute Gasteiger partial charge is 0.368 e. The molecule has 3 aromatic heterocycles. The number of Topliss-reactive ketones (excluding diaryl/α,β-unsaturated/α-hetero) is 1. The number of nitrogens with one attached hydrogen (secondary N) is 2. The van der Waals surface area contributed by atoms with Crippen LogP contribution in [-0.4, -0.2) is 51.5 Å². The molecular formula is C25H31N7O2. The van der Waals surface area contributed by atoms with E-state index in [1.54, 1.807) is 17.7 Å². The van der Waals surface area contributed by atoms with Crippen LogP contribution in [0.15, 0.2) is 29.3 Å². The van der Waals surface area contributed by atoms with Gasteiger partial charge in [-0.2, -0.15) is 4.98 Å². The van der Waals surface area contributed by atoms with Crippen LogP contribution in [0.5, 0.6) is 0 Å². The lowest BCUT2D eigenvalue weighted by Crippen LogP contribution is -2.43. The molecule has 0 unspecified atom stereocenters. The average Bonchev–Trinajstić information content (AvgIpc) is 3.39. The molecule has 0 aromatic carbocycles. The fourth-order valence-electron chi connectivity index (χ4n) is 5.08. The van der Waals surface area contributed by atoms with E-state index in [-0.39, 0.29) is 22.9 Å². The van der Waals surface area contributed by atoms with E-state index in [1.807, 2.05) is 25.3 Å². The van der Waals surface area contributed by atoms with Crippen molar-refractivity contribution in [3.05, 3.63) is 46.0 Å². The number of piperazine rings is 1. The Hall–Kier alpha value is -3.33. The lowest BCUT2D eigenvalue weighted by atomic mass is 10.0. The quantitative estimate of drug-likeness (QED) is 0.539. The molecule has 0 atom stereocenters. The van der Waals surface area contributed by atoms with Gasteiger partial charge in [0.2, 0.25) is 5.95 Å². The zero-order valence-corrected chi connectivity index (χ0v) is 19.8. The van der Waals surface area contributed by atoms with Crippen LogP contribution in [0, 0.1) is 6.92 Å². The van der Waals surface area contributed by atoms with Crippen molar-refractivity contribution in [1.82, 2.24) is 24.8 Å². The average molecular weight is 462 g/mol. The summed E-state index contributed by atoms with van der Waals surface area (Å²) in [6.45, 7) is 7.47. The standard InChI is InChI=1S/C25H31N7O2/c1-3-20(33)22-16(2)19-15-28-25(30-23(19)32(24(22)34)17-6-4-5-7-17)29-21-9-8-18(14-27-21)31-12-10-26-11-13-31/h8-9,14-15,17,26H,3-7,10-13H2,1-2H3,(H,27,28,29,30). The van der Waals surface area contributed by atoms with E-state index in [4.69, 9.17) is 4.98 Å². The zero-order valence-electron chi connectivity index (χ0n) is 19.8. The topological polar surface area (TPSA) is 105 Å². The Morgan fingerprint density at radius 3 is 2.59 bits per heavy atom. The molecule has 0 spiro atoms. The van der Waals surface area contributed by atoms with Crippen LogP contribution in [0.3, 0.4) is 0 Å². The van der Waals surface area contributed by atoms with E-state index < -0.39 is 0 Å². The first kappa shape index (κ1) is 22.5. The second kappa shape index (κ2) is 9.50. The van der Waals surface area contributed by atoms with Gasteiger partial charge in [-0.15, -0.1) is 0 Å². The molecule has 0 bridgehead atoms. The number of hydrogen-bond acceptors (Lipinski definition) is 8.